The number of hydrogen-bond donors (Lipinski definition) is 2. The molecule has 2 saturated carbocycles. The van der Waals surface area contributed by atoms with Crippen LogP contribution in [-0.2, 0) is 20.9 Å². The lowest BCUT2D eigenvalue weighted by atomic mass is 9.78. The van der Waals surface area contributed by atoms with E-state index >= 15 is 0 Å². The molecule has 1 amide bonds. The highest BCUT2D eigenvalue weighted by atomic mass is 16.5. The van der Waals surface area contributed by atoms with E-state index in [0.717, 1.165) is 49.0 Å². The lowest BCUT2D eigenvalue weighted by Gasteiger charge is -2.37. The maximum absolute atomic E-state index is 14.3. The Morgan fingerprint density at radius 3 is 2.24 bits per heavy atom. The Morgan fingerprint density at radius 1 is 0.951 bits per heavy atom. The van der Waals surface area contributed by atoms with Crippen LogP contribution in [0.25, 0.3) is 0 Å². The molecule has 1 saturated heterocycles. The number of nitrogens with one attached hydrogen (secondary N) is 1. The van der Waals surface area contributed by atoms with Crippen molar-refractivity contribution in [2.24, 2.45) is 11.8 Å². The molecular formula is C34H46N2O5. The van der Waals surface area contributed by atoms with Gasteiger partial charge in [0.25, 0.3) is 0 Å². The van der Waals surface area contributed by atoms with Gasteiger partial charge in [-0.3, -0.25) is 4.79 Å². The fourth-order valence-corrected chi connectivity index (χ4v) is 7.38. The van der Waals surface area contributed by atoms with Crippen molar-refractivity contribution in [3.63, 3.8) is 0 Å². The molecule has 3 aliphatic rings. The number of hydrogen-bond acceptors (Lipinski definition) is 5. The molecule has 7 heteroatoms. The van der Waals surface area contributed by atoms with Gasteiger partial charge in [0.1, 0.15) is 11.8 Å². The molecule has 2 aromatic rings. The first-order valence-electron chi connectivity index (χ1n) is 15.3. The summed E-state index contributed by atoms with van der Waals surface area (Å²) in [6.07, 6.45) is 8.43. The van der Waals surface area contributed by atoms with Crippen LogP contribution < -0.4 is 10.1 Å². The first kappa shape index (κ1) is 29.6. The average molecular weight is 563 g/mol. The van der Waals surface area contributed by atoms with Gasteiger partial charge in [0, 0.05) is 37.1 Å². The van der Waals surface area contributed by atoms with Gasteiger partial charge >= 0.3 is 5.97 Å². The van der Waals surface area contributed by atoms with Crippen LogP contribution in [0.4, 0.5) is 0 Å². The minimum absolute atomic E-state index is 0.0447. The molecule has 2 aromatic carbocycles. The van der Waals surface area contributed by atoms with E-state index in [1.807, 2.05) is 50.2 Å². The summed E-state index contributed by atoms with van der Waals surface area (Å²) in [5, 5.41) is 14.5. The molecule has 2 N–H and O–H groups in total. The maximum Gasteiger partial charge on any atom is 0.326 e. The summed E-state index contributed by atoms with van der Waals surface area (Å²) in [4.78, 5) is 29.2. The van der Waals surface area contributed by atoms with Gasteiger partial charge in [-0.05, 0) is 62.6 Å². The summed E-state index contributed by atoms with van der Waals surface area (Å²) in [6, 6.07) is 14.5. The fraction of sp³-hybridized carbons (Fsp3) is 0.588. The van der Waals surface area contributed by atoms with Crippen molar-refractivity contribution in [3.8, 4) is 5.75 Å². The van der Waals surface area contributed by atoms with Crippen LogP contribution >= 0.6 is 0 Å². The quantitative estimate of drug-likeness (QED) is 0.365. The minimum atomic E-state index is -1.02. The van der Waals surface area contributed by atoms with Gasteiger partial charge < -0.3 is 24.8 Å². The summed E-state index contributed by atoms with van der Waals surface area (Å²) in [7, 11) is 3.32. The maximum atomic E-state index is 14.3. The molecule has 0 radical (unpaired) electrons. The second-order valence-electron chi connectivity index (χ2n) is 12.7. The van der Waals surface area contributed by atoms with Gasteiger partial charge in [0.05, 0.1) is 18.8 Å². The Labute approximate surface area is 244 Å². The van der Waals surface area contributed by atoms with Crippen molar-refractivity contribution in [2.75, 3.05) is 14.2 Å². The Balaban J connectivity index is 1.57. The largest absolute Gasteiger partial charge is 0.496 e. The van der Waals surface area contributed by atoms with E-state index in [4.69, 9.17) is 9.47 Å². The lowest BCUT2D eigenvalue weighted by molar-refractivity contribution is -0.156. The summed E-state index contributed by atoms with van der Waals surface area (Å²) in [6.45, 7) is 4.37. The highest BCUT2D eigenvalue weighted by molar-refractivity contribution is 5.87. The van der Waals surface area contributed by atoms with E-state index in [0.29, 0.717) is 12.5 Å². The predicted octanol–water partition coefficient (Wildman–Crippen LogP) is 6.08. The van der Waals surface area contributed by atoms with Gasteiger partial charge in [-0.25, -0.2) is 4.79 Å². The van der Waals surface area contributed by atoms with Gasteiger partial charge in [0.15, 0.2) is 0 Å². The van der Waals surface area contributed by atoms with Crippen molar-refractivity contribution in [2.45, 2.75) is 101 Å². The minimum Gasteiger partial charge on any atom is -0.496 e. The molecule has 1 aliphatic heterocycles. The molecule has 0 spiro atoms. The van der Waals surface area contributed by atoms with E-state index in [1.54, 1.807) is 19.1 Å². The third kappa shape index (κ3) is 5.89. The molecule has 3 fully saturated rings. The molecule has 0 bridgehead atoms. The highest BCUT2D eigenvalue weighted by Crippen LogP contribution is 2.48. The summed E-state index contributed by atoms with van der Waals surface area (Å²) in [5.74, 6) is -0.286. The van der Waals surface area contributed by atoms with Crippen LogP contribution in [0.15, 0.2) is 48.5 Å². The van der Waals surface area contributed by atoms with Crippen LogP contribution in [-0.4, -0.2) is 53.8 Å². The number of carboxylic acids is 1. The van der Waals surface area contributed by atoms with Gasteiger partial charge in [-0.15, -0.1) is 0 Å². The molecule has 41 heavy (non-hydrogen) atoms. The number of nitrogens with zero attached hydrogens (tertiary/aromatic N) is 1. The van der Waals surface area contributed by atoms with Gasteiger partial charge in [-0.1, -0.05) is 68.1 Å². The normalized spacial score (nSPS) is 25.6. The molecule has 7 nitrogen and oxygen atoms in total. The van der Waals surface area contributed by atoms with Crippen molar-refractivity contribution < 1.29 is 24.2 Å². The molecular weight excluding hydrogens is 516 g/mol. The van der Waals surface area contributed by atoms with Crippen molar-refractivity contribution in [1.29, 1.82) is 0 Å². The Kier molecular flexibility index (Phi) is 9.05. The van der Waals surface area contributed by atoms with E-state index < -0.39 is 29.6 Å². The predicted molar refractivity (Wildman–Crippen MR) is 159 cm³/mol. The van der Waals surface area contributed by atoms with E-state index in [-0.39, 0.29) is 17.9 Å². The van der Waals surface area contributed by atoms with Crippen LogP contribution in [0.5, 0.6) is 5.75 Å². The highest BCUT2D eigenvalue weighted by Gasteiger charge is 2.59. The number of ether oxygens (including phenoxy) is 2. The topological polar surface area (TPSA) is 88.1 Å². The smallest absolute Gasteiger partial charge is 0.326 e. The molecule has 5 rings (SSSR count). The first-order chi connectivity index (χ1) is 19.8. The molecule has 0 aromatic heterocycles. The fourth-order valence-electron chi connectivity index (χ4n) is 7.38. The second kappa shape index (κ2) is 12.5. The van der Waals surface area contributed by atoms with Gasteiger partial charge in [-0.2, -0.15) is 0 Å². The number of benzene rings is 2. The zero-order valence-electron chi connectivity index (χ0n) is 25.0. The molecule has 0 unspecified atom stereocenters. The zero-order valence-corrected chi connectivity index (χ0v) is 25.0. The third-order valence-electron chi connectivity index (χ3n) is 10.0. The molecule has 4 atom stereocenters. The molecule has 2 aliphatic carbocycles. The number of aliphatic carboxylic acids is 1. The standard InChI is InChI=1S/C34H46N2O5/c1-34(2,41-4)28-29(35-21-26-20-25(22-16-11-17-22)18-19-27(26)40-3)30(23-12-7-5-8-13-23)36(31(28)33(38)39)32(37)24-14-9-6-10-15-24/h5,7-8,12-13,18-20,22,24,28-31,35H,6,9-11,14-17,21H2,1-4H3,(H,38,39)/t28-,29-,30-,31-/m0/s1. The monoisotopic (exact) mass is 562 g/mol. The summed E-state index contributed by atoms with van der Waals surface area (Å²) >= 11 is 0. The second-order valence-corrected chi connectivity index (χ2v) is 12.7. The Bertz CT molecular complexity index is 1200. The Hall–Kier alpha value is -2.90. The van der Waals surface area contributed by atoms with Crippen molar-refractivity contribution in [1.82, 2.24) is 10.2 Å². The third-order valence-corrected chi connectivity index (χ3v) is 10.0. The van der Waals surface area contributed by atoms with E-state index in [1.165, 1.54) is 24.8 Å². The average Bonchev–Trinajstić information content (AvgIpc) is 3.32. The van der Waals surface area contributed by atoms with Crippen LogP contribution in [0.2, 0.25) is 0 Å². The van der Waals surface area contributed by atoms with E-state index in [2.05, 4.69) is 17.4 Å². The summed E-state index contributed by atoms with van der Waals surface area (Å²) < 4.78 is 11.7. The van der Waals surface area contributed by atoms with E-state index in [9.17, 15) is 14.7 Å². The number of carbonyl (C=O) groups is 2. The summed E-state index contributed by atoms with van der Waals surface area (Å²) in [5.41, 5.74) is 2.49. The number of methoxy groups -OCH3 is 2. The first-order valence-corrected chi connectivity index (χ1v) is 15.3. The Morgan fingerprint density at radius 2 is 1.66 bits per heavy atom. The number of amides is 1. The lowest BCUT2D eigenvalue weighted by Crippen LogP contribution is -2.53. The van der Waals surface area contributed by atoms with Crippen LogP contribution in [0, 0.1) is 11.8 Å². The number of rotatable bonds is 10. The number of likely N-dealkylation sites (tertiary alicyclic amines) is 1. The van der Waals surface area contributed by atoms with Crippen LogP contribution in [0.3, 0.4) is 0 Å². The molecule has 222 valence electrons. The number of carboxylic acid groups (broad SMARTS) is 1. The van der Waals surface area contributed by atoms with Crippen molar-refractivity contribution in [3.05, 3.63) is 65.2 Å². The van der Waals surface area contributed by atoms with Crippen LogP contribution in [0.1, 0.15) is 93.9 Å². The SMILES string of the molecule is COc1ccc(C2CCC2)cc1CN[C@H]1[C@H](C(C)(C)OC)[C@@H](C(=O)O)N(C(=O)C2CCCCC2)[C@H]1c1ccccc1. The number of carbonyl (C=O) groups excluding carboxylic acids is 1. The zero-order chi connectivity index (χ0) is 29.1. The van der Waals surface area contributed by atoms with Crippen molar-refractivity contribution >= 4 is 11.9 Å². The van der Waals surface area contributed by atoms with Gasteiger partial charge in [0.2, 0.25) is 5.91 Å². The molecule has 1 heterocycles.